The van der Waals surface area contributed by atoms with E-state index in [0.29, 0.717) is 18.4 Å². The Bertz CT molecular complexity index is 959. The lowest BCUT2D eigenvalue weighted by atomic mass is 9.90. The zero-order valence-corrected chi connectivity index (χ0v) is 15.6. The van der Waals surface area contributed by atoms with Gasteiger partial charge in [-0.1, -0.05) is 42.5 Å². The monoisotopic (exact) mass is 373 g/mol. The number of hydrogen-bond acceptors (Lipinski definition) is 5. The molecule has 5 nitrogen and oxygen atoms in total. The van der Waals surface area contributed by atoms with Crippen LogP contribution in [0.3, 0.4) is 0 Å². The highest BCUT2D eigenvalue weighted by atomic mass is 16.3. The molecule has 5 heteroatoms. The highest BCUT2D eigenvalue weighted by Crippen LogP contribution is 2.22. The minimum atomic E-state index is -0.553. The number of rotatable bonds is 6. The third kappa shape index (κ3) is 4.16. The lowest BCUT2D eigenvalue weighted by Gasteiger charge is -2.29. The van der Waals surface area contributed by atoms with E-state index in [2.05, 4.69) is 27.4 Å². The Morgan fingerprint density at radius 1 is 1.07 bits per heavy atom. The highest BCUT2D eigenvalue weighted by Gasteiger charge is 2.24. The molecular formula is C23H23N3O2. The summed E-state index contributed by atoms with van der Waals surface area (Å²) >= 11 is 0. The summed E-state index contributed by atoms with van der Waals surface area (Å²) in [6.07, 6.45) is 5.93. The van der Waals surface area contributed by atoms with Gasteiger partial charge in [-0.05, 0) is 35.6 Å². The fraction of sp³-hybridized carbons (Fsp3) is 0.261. The van der Waals surface area contributed by atoms with E-state index in [1.54, 1.807) is 12.4 Å². The van der Waals surface area contributed by atoms with Crippen LogP contribution in [0, 0.1) is 0 Å². The molecule has 0 unspecified atom stereocenters. The second-order valence-electron chi connectivity index (χ2n) is 7.20. The van der Waals surface area contributed by atoms with Crippen LogP contribution < -0.4 is 5.32 Å². The summed E-state index contributed by atoms with van der Waals surface area (Å²) in [5.74, 6) is 0.0361. The number of carbonyl (C=O) groups is 1. The van der Waals surface area contributed by atoms with Gasteiger partial charge in [0.05, 0.1) is 6.10 Å². The first-order chi connectivity index (χ1) is 13.7. The maximum Gasteiger partial charge on any atom is 0.162 e. The summed E-state index contributed by atoms with van der Waals surface area (Å²) in [7, 11) is 0. The number of ketones is 1. The van der Waals surface area contributed by atoms with Gasteiger partial charge >= 0.3 is 0 Å². The van der Waals surface area contributed by atoms with Crippen molar-refractivity contribution in [3.63, 3.8) is 0 Å². The topological polar surface area (TPSA) is 75.1 Å². The number of hydrogen-bond donors (Lipinski definition) is 2. The van der Waals surface area contributed by atoms with E-state index < -0.39 is 6.10 Å². The van der Waals surface area contributed by atoms with Gasteiger partial charge in [0.1, 0.15) is 6.33 Å². The van der Waals surface area contributed by atoms with Gasteiger partial charge < -0.3 is 10.4 Å². The van der Waals surface area contributed by atoms with Crippen LogP contribution in [-0.2, 0) is 13.0 Å². The van der Waals surface area contributed by atoms with Gasteiger partial charge in [0, 0.05) is 42.5 Å². The summed E-state index contributed by atoms with van der Waals surface area (Å²) in [5, 5.41) is 14.0. The van der Waals surface area contributed by atoms with E-state index in [0.717, 1.165) is 24.1 Å². The minimum absolute atomic E-state index is 0.0181. The van der Waals surface area contributed by atoms with Crippen LogP contribution in [0.4, 0.5) is 0 Å². The van der Waals surface area contributed by atoms with E-state index in [4.69, 9.17) is 0 Å². The SMILES string of the molecule is O=C(CC[C@@H](O)[C@@H]1Cc2ccccc2CN1)c1cccc(-c2cncnc2)c1. The number of aromatic nitrogens is 2. The number of benzene rings is 2. The summed E-state index contributed by atoms with van der Waals surface area (Å²) in [6.45, 7) is 0.757. The van der Waals surface area contributed by atoms with Gasteiger partial charge in [-0.2, -0.15) is 0 Å². The van der Waals surface area contributed by atoms with Crippen molar-refractivity contribution < 1.29 is 9.90 Å². The normalized spacial score (nSPS) is 17.0. The third-order valence-electron chi connectivity index (χ3n) is 5.32. The number of fused-ring (bicyclic) bond motifs is 1. The van der Waals surface area contributed by atoms with E-state index in [1.165, 1.54) is 17.5 Å². The second kappa shape index (κ2) is 8.42. The molecule has 0 saturated heterocycles. The Hall–Kier alpha value is -2.89. The Morgan fingerprint density at radius 3 is 2.68 bits per heavy atom. The molecule has 0 spiro atoms. The van der Waals surface area contributed by atoms with Crippen LogP contribution >= 0.6 is 0 Å². The molecule has 2 atom stereocenters. The van der Waals surface area contributed by atoms with Crippen molar-refractivity contribution in [2.75, 3.05) is 0 Å². The van der Waals surface area contributed by atoms with E-state index in [9.17, 15) is 9.90 Å². The van der Waals surface area contributed by atoms with Gasteiger partial charge in [0.2, 0.25) is 0 Å². The van der Waals surface area contributed by atoms with E-state index >= 15 is 0 Å². The lowest BCUT2D eigenvalue weighted by Crippen LogP contribution is -2.44. The molecule has 2 heterocycles. The van der Waals surface area contributed by atoms with Gasteiger partial charge in [-0.3, -0.25) is 4.79 Å². The third-order valence-corrected chi connectivity index (χ3v) is 5.32. The fourth-order valence-electron chi connectivity index (χ4n) is 3.70. The quantitative estimate of drug-likeness (QED) is 0.649. The van der Waals surface area contributed by atoms with Gasteiger partial charge in [-0.25, -0.2) is 9.97 Å². The molecule has 0 bridgehead atoms. The van der Waals surface area contributed by atoms with Crippen LogP contribution in [0.15, 0.2) is 67.3 Å². The molecule has 0 fully saturated rings. The molecule has 2 aromatic carbocycles. The first-order valence-electron chi connectivity index (χ1n) is 9.57. The Balaban J connectivity index is 1.37. The molecule has 0 radical (unpaired) electrons. The zero-order valence-electron chi connectivity index (χ0n) is 15.6. The van der Waals surface area contributed by atoms with E-state index in [1.807, 2.05) is 36.4 Å². The summed E-state index contributed by atoms with van der Waals surface area (Å²) in [6, 6.07) is 15.8. The molecular weight excluding hydrogens is 350 g/mol. The standard InChI is InChI=1S/C23H23N3O2/c27-22(18-7-3-6-16(10-18)20-12-24-15-25-13-20)8-9-23(28)21-11-17-4-1-2-5-19(17)14-26-21/h1-7,10,12-13,15,21,23,26,28H,8-9,11,14H2/t21-,23+/m0/s1. The van der Waals surface area contributed by atoms with Crippen LogP contribution in [0.1, 0.15) is 34.3 Å². The first-order valence-corrected chi connectivity index (χ1v) is 9.57. The Labute approximate surface area is 164 Å². The zero-order chi connectivity index (χ0) is 19.3. The van der Waals surface area contributed by atoms with Gasteiger partial charge in [0.25, 0.3) is 0 Å². The maximum absolute atomic E-state index is 12.7. The number of nitrogens with zero attached hydrogens (tertiary/aromatic N) is 2. The second-order valence-corrected chi connectivity index (χ2v) is 7.20. The molecule has 3 aromatic rings. The van der Waals surface area contributed by atoms with Crippen molar-refractivity contribution in [1.82, 2.24) is 15.3 Å². The molecule has 28 heavy (non-hydrogen) atoms. The van der Waals surface area contributed by atoms with Crippen molar-refractivity contribution in [2.24, 2.45) is 0 Å². The highest BCUT2D eigenvalue weighted by molar-refractivity contribution is 5.97. The molecule has 0 saturated carbocycles. The summed E-state index contributed by atoms with van der Waals surface area (Å²) < 4.78 is 0. The van der Waals surface area contributed by atoms with Crippen LogP contribution in [0.2, 0.25) is 0 Å². The van der Waals surface area contributed by atoms with Crippen molar-refractivity contribution in [1.29, 1.82) is 0 Å². The van der Waals surface area contributed by atoms with Crippen molar-refractivity contribution >= 4 is 5.78 Å². The van der Waals surface area contributed by atoms with Crippen molar-refractivity contribution in [3.8, 4) is 11.1 Å². The van der Waals surface area contributed by atoms with E-state index in [-0.39, 0.29) is 11.8 Å². The fourth-order valence-corrected chi connectivity index (χ4v) is 3.70. The molecule has 1 aromatic heterocycles. The molecule has 0 amide bonds. The molecule has 2 N–H and O–H groups in total. The Kier molecular flexibility index (Phi) is 5.55. The average Bonchev–Trinajstić information content (AvgIpc) is 2.77. The number of aliphatic hydroxyl groups is 1. The van der Waals surface area contributed by atoms with Gasteiger partial charge in [0.15, 0.2) is 5.78 Å². The Morgan fingerprint density at radius 2 is 1.86 bits per heavy atom. The summed E-state index contributed by atoms with van der Waals surface area (Å²) in [4.78, 5) is 20.7. The van der Waals surface area contributed by atoms with Crippen LogP contribution in [0.5, 0.6) is 0 Å². The predicted octanol–water partition coefficient (Wildman–Crippen LogP) is 3.18. The first kappa shape index (κ1) is 18.5. The van der Waals surface area contributed by atoms with Crippen LogP contribution in [-0.4, -0.2) is 33.0 Å². The number of Topliss-reactive ketones (excluding diaryl/α,β-unsaturated/α-hetero) is 1. The average molecular weight is 373 g/mol. The van der Waals surface area contributed by atoms with Crippen molar-refractivity contribution in [2.45, 2.75) is 38.0 Å². The minimum Gasteiger partial charge on any atom is -0.391 e. The summed E-state index contributed by atoms with van der Waals surface area (Å²) in [5.41, 5.74) is 4.99. The predicted molar refractivity (Wildman–Crippen MR) is 108 cm³/mol. The number of carbonyl (C=O) groups excluding carboxylic acids is 1. The molecule has 142 valence electrons. The molecule has 1 aliphatic heterocycles. The van der Waals surface area contributed by atoms with Gasteiger partial charge in [-0.15, -0.1) is 0 Å². The number of nitrogens with one attached hydrogen (secondary N) is 1. The smallest absolute Gasteiger partial charge is 0.162 e. The van der Waals surface area contributed by atoms with Crippen molar-refractivity contribution in [3.05, 3.63) is 83.9 Å². The number of aliphatic hydroxyl groups excluding tert-OH is 1. The molecule has 1 aliphatic rings. The largest absolute Gasteiger partial charge is 0.391 e. The van der Waals surface area contributed by atoms with Crippen LogP contribution in [0.25, 0.3) is 11.1 Å². The lowest BCUT2D eigenvalue weighted by molar-refractivity contribution is 0.0877. The molecule has 0 aliphatic carbocycles. The molecule has 4 rings (SSSR count). The maximum atomic E-state index is 12.7.